The number of ether oxygens (including phenoxy) is 2. The van der Waals surface area contributed by atoms with Gasteiger partial charge in [0.15, 0.2) is 5.96 Å². The summed E-state index contributed by atoms with van der Waals surface area (Å²) in [5, 5.41) is 17.2. The number of methoxy groups -OCH3 is 1. The summed E-state index contributed by atoms with van der Waals surface area (Å²) >= 11 is 0. The molecule has 29 heavy (non-hydrogen) atoms. The molecule has 2 atom stereocenters. The largest absolute Gasteiger partial charge is 0.491 e. The van der Waals surface area contributed by atoms with Crippen LogP contribution in [0.1, 0.15) is 45.3 Å². The Balaban J connectivity index is 1.87. The Hall–Kier alpha value is -1.83. The average Bonchev–Trinajstić information content (AvgIpc) is 3.15. The number of benzene rings is 1. The highest BCUT2D eigenvalue weighted by atomic mass is 16.5. The van der Waals surface area contributed by atoms with Crippen molar-refractivity contribution in [3.63, 3.8) is 0 Å². The fourth-order valence-corrected chi connectivity index (χ4v) is 3.51. The third-order valence-corrected chi connectivity index (χ3v) is 4.99. The molecule has 1 saturated heterocycles. The molecule has 7 nitrogen and oxygen atoms in total. The second-order valence-corrected chi connectivity index (χ2v) is 7.68. The SMILES string of the molecule is CCNC(=NCC(O)c1ccc(OC(C)C)cc1)NCC1CCCN1CCOC. The molecular formula is C22H38N4O3. The highest BCUT2D eigenvalue weighted by Crippen LogP contribution is 2.19. The van der Waals surface area contributed by atoms with Gasteiger partial charge in [0.25, 0.3) is 0 Å². The normalized spacial score (nSPS) is 18.8. The molecule has 1 aromatic rings. The summed E-state index contributed by atoms with van der Waals surface area (Å²) in [5.41, 5.74) is 0.835. The number of aliphatic imine (C=N–C) groups is 1. The number of hydrogen-bond donors (Lipinski definition) is 3. The number of rotatable bonds is 11. The lowest BCUT2D eigenvalue weighted by molar-refractivity contribution is 0.141. The Morgan fingerprint density at radius 3 is 2.69 bits per heavy atom. The first-order valence-electron chi connectivity index (χ1n) is 10.7. The van der Waals surface area contributed by atoms with Crippen molar-refractivity contribution in [3.8, 4) is 5.75 Å². The maximum atomic E-state index is 10.5. The predicted molar refractivity (Wildman–Crippen MR) is 118 cm³/mol. The van der Waals surface area contributed by atoms with Crippen molar-refractivity contribution < 1.29 is 14.6 Å². The maximum absolute atomic E-state index is 10.5. The van der Waals surface area contributed by atoms with Crippen LogP contribution in [-0.4, -0.2) is 74.6 Å². The molecule has 2 unspecified atom stereocenters. The first-order valence-corrected chi connectivity index (χ1v) is 10.7. The molecule has 0 bridgehead atoms. The van der Waals surface area contributed by atoms with Gasteiger partial charge in [-0.25, -0.2) is 0 Å². The van der Waals surface area contributed by atoms with Crippen molar-refractivity contribution >= 4 is 5.96 Å². The molecule has 1 aliphatic heterocycles. The first kappa shape index (κ1) is 23.4. The van der Waals surface area contributed by atoms with Crippen LogP contribution in [0.25, 0.3) is 0 Å². The van der Waals surface area contributed by atoms with Gasteiger partial charge < -0.3 is 25.2 Å². The fraction of sp³-hybridized carbons (Fsp3) is 0.682. The van der Waals surface area contributed by atoms with E-state index >= 15 is 0 Å². The van der Waals surface area contributed by atoms with Crippen molar-refractivity contribution in [2.75, 3.05) is 46.4 Å². The van der Waals surface area contributed by atoms with Gasteiger partial charge in [0.1, 0.15) is 5.75 Å². The lowest BCUT2D eigenvalue weighted by Crippen LogP contribution is -2.45. The lowest BCUT2D eigenvalue weighted by atomic mass is 10.1. The zero-order valence-electron chi connectivity index (χ0n) is 18.4. The van der Waals surface area contributed by atoms with Gasteiger partial charge >= 0.3 is 0 Å². The van der Waals surface area contributed by atoms with E-state index in [1.54, 1.807) is 7.11 Å². The van der Waals surface area contributed by atoms with Gasteiger partial charge in [-0.05, 0) is 57.9 Å². The summed E-state index contributed by atoms with van der Waals surface area (Å²) in [6.07, 6.45) is 1.89. The summed E-state index contributed by atoms with van der Waals surface area (Å²) in [5.74, 6) is 1.55. The van der Waals surface area contributed by atoms with E-state index < -0.39 is 6.10 Å². The van der Waals surface area contributed by atoms with E-state index in [4.69, 9.17) is 9.47 Å². The third kappa shape index (κ3) is 8.20. The van der Waals surface area contributed by atoms with Gasteiger partial charge in [-0.2, -0.15) is 0 Å². The molecule has 0 saturated carbocycles. The monoisotopic (exact) mass is 406 g/mol. The number of aliphatic hydroxyl groups is 1. The van der Waals surface area contributed by atoms with E-state index in [-0.39, 0.29) is 6.10 Å². The Kier molecular flexibility index (Phi) is 10.2. The molecule has 0 aromatic heterocycles. The number of nitrogens with one attached hydrogen (secondary N) is 2. The molecule has 0 amide bonds. The number of likely N-dealkylation sites (tertiary alicyclic amines) is 1. The quantitative estimate of drug-likeness (QED) is 0.386. The van der Waals surface area contributed by atoms with E-state index in [1.807, 2.05) is 45.0 Å². The zero-order chi connectivity index (χ0) is 21.1. The summed E-state index contributed by atoms with van der Waals surface area (Å²) in [6.45, 7) is 10.8. The van der Waals surface area contributed by atoms with Crippen molar-refractivity contribution in [1.82, 2.24) is 15.5 Å². The van der Waals surface area contributed by atoms with Crippen molar-refractivity contribution in [3.05, 3.63) is 29.8 Å². The second-order valence-electron chi connectivity index (χ2n) is 7.68. The molecule has 2 rings (SSSR count). The molecule has 7 heteroatoms. The minimum atomic E-state index is -0.650. The second kappa shape index (κ2) is 12.7. The Morgan fingerprint density at radius 1 is 1.28 bits per heavy atom. The van der Waals surface area contributed by atoms with Crippen LogP contribution in [-0.2, 0) is 4.74 Å². The van der Waals surface area contributed by atoms with Crippen LogP contribution < -0.4 is 15.4 Å². The number of guanidine groups is 1. The average molecular weight is 407 g/mol. The molecule has 1 heterocycles. The van der Waals surface area contributed by atoms with Crippen molar-refractivity contribution in [1.29, 1.82) is 0 Å². The van der Waals surface area contributed by atoms with Crippen LogP contribution in [0, 0.1) is 0 Å². The Bertz CT molecular complexity index is 607. The summed E-state index contributed by atoms with van der Waals surface area (Å²) < 4.78 is 10.9. The minimum absolute atomic E-state index is 0.134. The number of hydrogen-bond acceptors (Lipinski definition) is 5. The number of aliphatic hydroxyl groups excluding tert-OH is 1. The first-order chi connectivity index (χ1) is 14.0. The van der Waals surface area contributed by atoms with Crippen molar-refractivity contribution in [2.24, 2.45) is 4.99 Å². The van der Waals surface area contributed by atoms with Crippen LogP contribution in [0.15, 0.2) is 29.3 Å². The maximum Gasteiger partial charge on any atom is 0.191 e. The van der Waals surface area contributed by atoms with Crippen LogP contribution in [0.4, 0.5) is 0 Å². The van der Waals surface area contributed by atoms with E-state index in [0.717, 1.165) is 50.1 Å². The molecule has 1 aliphatic rings. The molecular weight excluding hydrogens is 368 g/mol. The zero-order valence-corrected chi connectivity index (χ0v) is 18.4. The topological polar surface area (TPSA) is 78.4 Å². The molecule has 1 aromatic carbocycles. The smallest absolute Gasteiger partial charge is 0.191 e. The third-order valence-electron chi connectivity index (χ3n) is 4.99. The summed E-state index contributed by atoms with van der Waals surface area (Å²) in [7, 11) is 1.75. The molecule has 3 N–H and O–H groups in total. The van der Waals surface area contributed by atoms with E-state index in [9.17, 15) is 5.11 Å². The van der Waals surface area contributed by atoms with E-state index in [0.29, 0.717) is 12.6 Å². The fourth-order valence-electron chi connectivity index (χ4n) is 3.51. The lowest BCUT2D eigenvalue weighted by Gasteiger charge is -2.25. The van der Waals surface area contributed by atoms with Gasteiger partial charge in [0.2, 0.25) is 0 Å². The molecule has 0 radical (unpaired) electrons. The molecule has 0 spiro atoms. The predicted octanol–water partition coefficient (Wildman–Crippen LogP) is 2.17. The van der Waals surface area contributed by atoms with Gasteiger partial charge in [-0.1, -0.05) is 12.1 Å². The minimum Gasteiger partial charge on any atom is -0.491 e. The van der Waals surface area contributed by atoms with Crippen molar-refractivity contribution in [2.45, 2.75) is 51.9 Å². The Labute approximate surface area is 175 Å². The van der Waals surface area contributed by atoms with Gasteiger partial charge in [0, 0.05) is 32.8 Å². The van der Waals surface area contributed by atoms with Crippen LogP contribution in [0.3, 0.4) is 0 Å². The van der Waals surface area contributed by atoms with E-state index in [1.165, 1.54) is 12.8 Å². The number of nitrogens with zero attached hydrogens (tertiary/aromatic N) is 2. The van der Waals surface area contributed by atoms with E-state index in [2.05, 4.69) is 20.5 Å². The molecule has 0 aliphatic carbocycles. The van der Waals surface area contributed by atoms with Gasteiger partial charge in [-0.3, -0.25) is 9.89 Å². The van der Waals surface area contributed by atoms with Crippen LogP contribution in [0.5, 0.6) is 5.75 Å². The van der Waals surface area contributed by atoms with Crippen LogP contribution in [0.2, 0.25) is 0 Å². The molecule has 164 valence electrons. The van der Waals surface area contributed by atoms with Gasteiger partial charge in [0.05, 0.1) is 25.4 Å². The molecule has 1 fully saturated rings. The summed E-state index contributed by atoms with van der Waals surface area (Å²) in [4.78, 5) is 7.05. The highest BCUT2D eigenvalue weighted by molar-refractivity contribution is 5.79. The Morgan fingerprint density at radius 2 is 2.03 bits per heavy atom. The summed E-state index contributed by atoms with van der Waals surface area (Å²) in [6, 6.07) is 8.06. The van der Waals surface area contributed by atoms with Gasteiger partial charge in [-0.15, -0.1) is 0 Å². The van der Waals surface area contributed by atoms with Crippen LogP contribution >= 0.6 is 0 Å². The standard InChI is InChI=1S/C22H38N4O3/c1-5-23-22(24-15-19-7-6-12-26(19)13-14-28-4)25-16-21(27)18-8-10-20(11-9-18)29-17(2)3/h8-11,17,19,21,27H,5-7,12-16H2,1-4H3,(H2,23,24,25). The highest BCUT2D eigenvalue weighted by Gasteiger charge is 2.24.